The highest BCUT2D eigenvalue weighted by atomic mass is 32.1. The van der Waals surface area contributed by atoms with Gasteiger partial charge >= 0.3 is 0 Å². The van der Waals surface area contributed by atoms with E-state index in [2.05, 4.69) is 34.2 Å². The van der Waals surface area contributed by atoms with E-state index in [1.165, 1.54) is 5.56 Å². The van der Waals surface area contributed by atoms with Crippen molar-refractivity contribution in [2.75, 3.05) is 0 Å². The van der Waals surface area contributed by atoms with E-state index in [4.69, 9.17) is 12.2 Å². The molecule has 1 N–H and O–H groups in total. The normalized spacial score (nSPS) is 16.8. The maximum Gasteiger partial charge on any atom is 0.130 e. The molecule has 0 aliphatic heterocycles. The maximum atomic E-state index is 5.20. The lowest BCUT2D eigenvalue weighted by molar-refractivity contribution is 0.744. The minimum Gasteiger partial charge on any atom is -0.347 e. The van der Waals surface area contributed by atoms with Crippen LogP contribution in [0.2, 0.25) is 0 Å². The first-order chi connectivity index (χ1) is 8.21. The van der Waals surface area contributed by atoms with Crippen molar-refractivity contribution in [1.29, 1.82) is 0 Å². The van der Waals surface area contributed by atoms with Gasteiger partial charge in [0.25, 0.3) is 0 Å². The second-order valence-corrected chi connectivity index (χ2v) is 5.12. The van der Waals surface area contributed by atoms with Crippen molar-refractivity contribution in [1.82, 2.24) is 9.97 Å². The fraction of sp³-hybridized carbons (Fsp3) is 0.286. The van der Waals surface area contributed by atoms with Gasteiger partial charge in [-0.05, 0) is 31.4 Å². The Morgan fingerprint density at radius 3 is 2.53 bits per heavy atom. The van der Waals surface area contributed by atoms with Crippen molar-refractivity contribution in [3.63, 3.8) is 0 Å². The SMILES string of the molecule is Cc1cc(=S)nc(C2(c3ccccc3)CC2)[nH]1. The molecule has 1 saturated carbocycles. The average molecular weight is 242 g/mol. The number of nitrogens with zero attached hydrogens (tertiary/aromatic N) is 1. The van der Waals surface area contributed by atoms with Crippen molar-refractivity contribution in [3.05, 3.63) is 58.1 Å². The van der Waals surface area contributed by atoms with Crippen molar-refractivity contribution in [2.24, 2.45) is 0 Å². The topological polar surface area (TPSA) is 28.7 Å². The number of H-pyrrole nitrogens is 1. The summed E-state index contributed by atoms with van der Waals surface area (Å²) in [6.45, 7) is 2.03. The monoisotopic (exact) mass is 242 g/mol. The standard InChI is InChI=1S/C14H14N2S/c1-10-9-12(17)16-13(15-10)14(7-8-14)11-5-3-2-4-6-11/h2-6,9H,7-8H2,1H3,(H,15,16,17). The van der Waals surface area contributed by atoms with Crippen LogP contribution in [0.4, 0.5) is 0 Å². The zero-order valence-corrected chi connectivity index (χ0v) is 10.6. The molecule has 2 aromatic rings. The van der Waals surface area contributed by atoms with E-state index < -0.39 is 0 Å². The Bertz CT molecular complexity index is 597. The van der Waals surface area contributed by atoms with Crippen LogP contribution >= 0.6 is 12.2 Å². The lowest BCUT2D eigenvalue weighted by Crippen LogP contribution is -2.14. The van der Waals surface area contributed by atoms with E-state index in [0.717, 1.165) is 24.4 Å². The molecule has 1 heterocycles. The predicted molar refractivity (Wildman–Crippen MR) is 70.6 cm³/mol. The Labute approximate surface area is 106 Å². The van der Waals surface area contributed by atoms with Crippen LogP contribution in [0, 0.1) is 11.6 Å². The predicted octanol–water partition coefficient (Wildman–Crippen LogP) is 3.53. The van der Waals surface area contributed by atoms with E-state index in [9.17, 15) is 0 Å². The van der Waals surface area contributed by atoms with Gasteiger partial charge in [0.05, 0.1) is 5.41 Å². The largest absolute Gasteiger partial charge is 0.347 e. The van der Waals surface area contributed by atoms with E-state index in [-0.39, 0.29) is 5.41 Å². The molecule has 0 saturated heterocycles. The Morgan fingerprint density at radius 1 is 1.24 bits per heavy atom. The van der Waals surface area contributed by atoms with Crippen LogP contribution in [-0.2, 0) is 5.41 Å². The van der Waals surface area contributed by atoms with Crippen LogP contribution in [0.1, 0.15) is 29.9 Å². The Kier molecular flexibility index (Phi) is 2.37. The first kappa shape index (κ1) is 10.7. The highest BCUT2D eigenvalue weighted by Crippen LogP contribution is 2.51. The summed E-state index contributed by atoms with van der Waals surface area (Å²) in [5.41, 5.74) is 2.51. The third kappa shape index (κ3) is 1.80. The van der Waals surface area contributed by atoms with Crippen molar-refractivity contribution in [2.45, 2.75) is 25.2 Å². The lowest BCUT2D eigenvalue weighted by Gasteiger charge is -2.15. The fourth-order valence-corrected chi connectivity index (χ4v) is 2.62. The number of aromatic nitrogens is 2. The smallest absolute Gasteiger partial charge is 0.130 e. The summed E-state index contributed by atoms with van der Waals surface area (Å²) in [4.78, 5) is 7.88. The highest BCUT2D eigenvalue weighted by Gasteiger charge is 2.48. The summed E-state index contributed by atoms with van der Waals surface area (Å²) < 4.78 is 0.679. The number of rotatable bonds is 2. The minimum atomic E-state index is 0.0842. The van der Waals surface area contributed by atoms with Gasteiger partial charge in [0.1, 0.15) is 10.5 Å². The molecule has 3 heteroatoms. The molecule has 1 aromatic heterocycles. The first-order valence-electron chi connectivity index (χ1n) is 5.85. The number of nitrogens with one attached hydrogen (secondary N) is 1. The second-order valence-electron chi connectivity index (χ2n) is 4.70. The van der Waals surface area contributed by atoms with Gasteiger partial charge in [0, 0.05) is 5.69 Å². The first-order valence-corrected chi connectivity index (χ1v) is 6.25. The summed E-state index contributed by atoms with van der Waals surface area (Å²) in [6.07, 6.45) is 2.30. The Hall–Kier alpha value is -1.48. The van der Waals surface area contributed by atoms with Gasteiger partial charge in [-0.25, -0.2) is 4.98 Å². The number of hydrogen-bond acceptors (Lipinski definition) is 2. The van der Waals surface area contributed by atoms with Crippen LogP contribution < -0.4 is 0 Å². The van der Waals surface area contributed by atoms with E-state index >= 15 is 0 Å². The molecule has 0 amide bonds. The third-order valence-corrected chi connectivity index (χ3v) is 3.62. The maximum absolute atomic E-state index is 5.20. The number of benzene rings is 1. The van der Waals surface area contributed by atoms with Crippen molar-refractivity contribution >= 4 is 12.2 Å². The molecule has 17 heavy (non-hydrogen) atoms. The van der Waals surface area contributed by atoms with E-state index in [1.807, 2.05) is 19.1 Å². The summed E-state index contributed by atoms with van der Waals surface area (Å²) in [5.74, 6) is 1.02. The van der Waals surface area contributed by atoms with E-state index in [0.29, 0.717) is 4.64 Å². The van der Waals surface area contributed by atoms with Crippen molar-refractivity contribution in [3.8, 4) is 0 Å². The van der Waals surface area contributed by atoms with Crippen LogP contribution in [-0.4, -0.2) is 9.97 Å². The fourth-order valence-electron chi connectivity index (χ4n) is 2.35. The van der Waals surface area contributed by atoms with Gasteiger partial charge in [-0.3, -0.25) is 0 Å². The zero-order valence-electron chi connectivity index (χ0n) is 9.73. The lowest BCUT2D eigenvalue weighted by atomic mass is 9.95. The molecule has 0 radical (unpaired) electrons. The van der Waals surface area contributed by atoms with Crippen LogP contribution in [0.25, 0.3) is 0 Å². The number of aryl methyl sites for hydroxylation is 1. The van der Waals surface area contributed by atoms with Crippen LogP contribution in [0.5, 0.6) is 0 Å². The van der Waals surface area contributed by atoms with Crippen molar-refractivity contribution < 1.29 is 0 Å². The molecule has 0 atom stereocenters. The molecular formula is C14H14N2S. The van der Waals surface area contributed by atoms with Gasteiger partial charge < -0.3 is 4.98 Å². The quantitative estimate of drug-likeness (QED) is 0.816. The number of aromatic amines is 1. The van der Waals surface area contributed by atoms with Gasteiger partial charge in [-0.15, -0.1) is 0 Å². The van der Waals surface area contributed by atoms with Crippen LogP contribution in [0.3, 0.4) is 0 Å². The molecule has 86 valence electrons. The highest BCUT2D eigenvalue weighted by molar-refractivity contribution is 7.71. The Morgan fingerprint density at radius 2 is 1.94 bits per heavy atom. The second kappa shape index (κ2) is 3.77. The Balaban J connectivity index is 2.12. The molecule has 2 nitrogen and oxygen atoms in total. The molecule has 0 unspecified atom stereocenters. The van der Waals surface area contributed by atoms with Crippen LogP contribution in [0.15, 0.2) is 36.4 Å². The van der Waals surface area contributed by atoms with Gasteiger partial charge in [-0.1, -0.05) is 42.5 Å². The molecular weight excluding hydrogens is 228 g/mol. The molecule has 3 rings (SSSR count). The molecule has 0 bridgehead atoms. The average Bonchev–Trinajstić information content (AvgIpc) is 3.10. The molecule has 1 fully saturated rings. The van der Waals surface area contributed by atoms with Gasteiger partial charge in [0.2, 0.25) is 0 Å². The summed E-state index contributed by atoms with van der Waals surface area (Å²) >= 11 is 5.20. The minimum absolute atomic E-state index is 0.0842. The molecule has 0 spiro atoms. The van der Waals surface area contributed by atoms with Gasteiger partial charge in [0.15, 0.2) is 0 Å². The zero-order chi connectivity index (χ0) is 11.9. The number of hydrogen-bond donors (Lipinski definition) is 1. The van der Waals surface area contributed by atoms with Gasteiger partial charge in [-0.2, -0.15) is 0 Å². The molecule has 1 aliphatic carbocycles. The molecule has 1 aliphatic rings. The third-order valence-electron chi connectivity index (χ3n) is 3.41. The summed E-state index contributed by atoms with van der Waals surface area (Å²) in [6, 6.07) is 12.5. The summed E-state index contributed by atoms with van der Waals surface area (Å²) in [7, 11) is 0. The summed E-state index contributed by atoms with van der Waals surface area (Å²) in [5, 5.41) is 0. The molecule has 1 aromatic carbocycles. The van der Waals surface area contributed by atoms with E-state index in [1.54, 1.807) is 0 Å².